The molecule has 6 heteroatoms. The Hall–Kier alpha value is -1.56. The lowest BCUT2D eigenvalue weighted by molar-refractivity contribution is -0.126. The van der Waals surface area contributed by atoms with Gasteiger partial charge in [-0.2, -0.15) is 5.10 Å². The maximum Gasteiger partial charge on any atom is 0.241 e. The highest BCUT2D eigenvalue weighted by atomic mass is 16.5. The molecule has 2 rings (SSSR count). The summed E-state index contributed by atoms with van der Waals surface area (Å²) in [5, 5.41) is 7.10. The molecule has 1 aromatic rings. The lowest BCUT2D eigenvalue weighted by Crippen LogP contribution is -2.48. The van der Waals surface area contributed by atoms with E-state index >= 15 is 0 Å². The number of hydrogen-bond acceptors (Lipinski definition) is 4. The lowest BCUT2D eigenvalue weighted by atomic mass is 9.86. The summed E-state index contributed by atoms with van der Waals surface area (Å²) in [5.74, 6) is -0.0268. The third-order valence-corrected chi connectivity index (χ3v) is 4.11. The van der Waals surface area contributed by atoms with Crippen molar-refractivity contribution in [2.24, 2.45) is 0 Å². The predicted octanol–water partition coefficient (Wildman–Crippen LogP) is 1.32. The maximum atomic E-state index is 12.0. The second-order valence-corrected chi connectivity index (χ2v) is 5.47. The summed E-state index contributed by atoms with van der Waals surface area (Å²) >= 11 is 0. The number of anilines is 1. The monoisotopic (exact) mass is 280 g/mol. The molecule has 0 saturated carbocycles. The second kappa shape index (κ2) is 6.26. The van der Waals surface area contributed by atoms with Crippen molar-refractivity contribution in [2.45, 2.75) is 57.7 Å². The van der Waals surface area contributed by atoms with Crippen molar-refractivity contribution >= 4 is 11.6 Å². The van der Waals surface area contributed by atoms with Crippen LogP contribution in [0.3, 0.4) is 0 Å². The van der Waals surface area contributed by atoms with Gasteiger partial charge in [0.15, 0.2) is 0 Å². The van der Waals surface area contributed by atoms with Crippen LogP contribution >= 0.6 is 0 Å². The Morgan fingerprint density at radius 1 is 1.60 bits per heavy atom. The number of aromatic nitrogens is 2. The van der Waals surface area contributed by atoms with Crippen molar-refractivity contribution < 1.29 is 9.53 Å². The van der Waals surface area contributed by atoms with Crippen LogP contribution in [0.5, 0.6) is 0 Å². The minimum Gasteiger partial charge on any atom is -0.396 e. The summed E-state index contributed by atoms with van der Waals surface area (Å²) in [6, 6.07) is 0.184. The fraction of sp³-hybridized carbons (Fsp3) is 0.714. The molecule has 112 valence electrons. The van der Waals surface area contributed by atoms with Gasteiger partial charge in [0.1, 0.15) is 6.54 Å². The Morgan fingerprint density at radius 2 is 2.35 bits per heavy atom. The van der Waals surface area contributed by atoms with Gasteiger partial charge in [-0.15, -0.1) is 0 Å². The van der Waals surface area contributed by atoms with Crippen molar-refractivity contribution in [3.63, 3.8) is 0 Å². The van der Waals surface area contributed by atoms with Crippen LogP contribution in [0, 0.1) is 0 Å². The van der Waals surface area contributed by atoms with Crippen LogP contribution in [0.1, 0.15) is 39.5 Å². The number of nitrogens with zero attached hydrogens (tertiary/aromatic N) is 2. The van der Waals surface area contributed by atoms with Crippen molar-refractivity contribution in [3.05, 3.63) is 12.4 Å². The van der Waals surface area contributed by atoms with E-state index in [4.69, 9.17) is 10.5 Å². The Morgan fingerprint density at radius 3 is 2.95 bits per heavy atom. The van der Waals surface area contributed by atoms with Gasteiger partial charge in [0, 0.05) is 18.8 Å². The van der Waals surface area contributed by atoms with E-state index in [1.54, 1.807) is 17.1 Å². The molecular weight excluding hydrogens is 256 g/mol. The number of ether oxygens (including phenoxy) is 1. The van der Waals surface area contributed by atoms with Crippen LogP contribution in [0.15, 0.2) is 12.4 Å². The minimum absolute atomic E-state index is 0.0268. The van der Waals surface area contributed by atoms with E-state index < -0.39 is 0 Å². The zero-order valence-electron chi connectivity index (χ0n) is 12.3. The average Bonchev–Trinajstić information content (AvgIpc) is 2.84. The molecule has 1 unspecified atom stereocenters. The molecular formula is C14H24N4O2. The first kappa shape index (κ1) is 14.8. The SMILES string of the molecule is CCC1(CC)CC(NC(=O)Cn2cc(N)cn2)CCO1. The molecule has 3 N–H and O–H groups in total. The molecule has 0 aromatic carbocycles. The van der Waals surface area contributed by atoms with Gasteiger partial charge in [-0.05, 0) is 25.7 Å². The molecule has 1 saturated heterocycles. The molecule has 2 heterocycles. The standard InChI is InChI=1S/C14H24N4O2/c1-3-14(4-2)7-12(5-6-20-14)17-13(19)10-18-9-11(15)8-16-18/h8-9,12H,3-7,10,15H2,1-2H3,(H,17,19). The van der Waals surface area contributed by atoms with Crippen molar-refractivity contribution in [1.29, 1.82) is 0 Å². The summed E-state index contributed by atoms with van der Waals surface area (Å²) < 4.78 is 7.46. The third-order valence-electron chi connectivity index (χ3n) is 4.11. The Kier molecular flexibility index (Phi) is 4.65. The zero-order valence-corrected chi connectivity index (χ0v) is 12.3. The minimum atomic E-state index is -0.0771. The molecule has 6 nitrogen and oxygen atoms in total. The average molecular weight is 280 g/mol. The summed E-state index contributed by atoms with van der Waals surface area (Å²) in [7, 11) is 0. The number of hydrogen-bond donors (Lipinski definition) is 2. The first-order chi connectivity index (χ1) is 9.57. The second-order valence-electron chi connectivity index (χ2n) is 5.47. The van der Waals surface area contributed by atoms with Crippen LogP contribution in [0.4, 0.5) is 5.69 Å². The van der Waals surface area contributed by atoms with E-state index in [-0.39, 0.29) is 24.1 Å². The summed E-state index contributed by atoms with van der Waals surface area (Å²) in [4.78, 5) is 12.0. The summed E-state index contributed by atoms with van der Waals surface area (Å²) in [5.41, 5.74) is 6.07. The molecule has 1 fully saturated rings. The maximum absolute atomic E-state index is 12.0. The van der Waals surface area contributed by atoms with Gasteiger partial charge < -0.3 is 15.8 Å². The molecule has 1 aliphatic rings. The van der Waals surface area contributed by atoms with E-state index in [0.717, 1.165) is 25.7 Å². The molecule has 0 radical (unpaired) electrons. The molecule has 1 aliphatic heterocycles. The van der Waals surface area contributed by atoms with E-state index in [9.17, 15) is 4.79 Å². The van der Waals surface area contributed by atoms with Crippen molar-refractivity contribution in [1.82, 2.24) is 15.1 Å². The highest BCUT2D eigenvalue weighted by Crippen LogP contribution is 2.31. The Labute approximate surface area is 119 Å². The van der Waals surface area contributed by atoms with E-state index in [0.29, 0.717) is 12.3 Å². The molecule has 0 aliphatic carbocycles. The first-order valence-corrected chi connectivity index (χ1v) is 7.28. The van der Waals surface area contributed by atoms with E-state index in [1.165, 1.54) is 0 Å². The molecule has 0 spiro atoms. The number of nitrogen functional groups attached to an aromatic ring is 1. The fourth-order valence-corrected chi connectivity index (χ4v) is 2.78. The highest BCUT2D eigenvalue weighted by Gasteiger charge is 2.34. The van der Waals surface area contributed by atoms with Crippen LogP contribution in [0.25, 0.3) is 0 Å². The van der Waals surface area contributed by atoms with Crippen LogP contribution in [-0.4, -0.2) is 33.9 Å². The van der Waals surface area contributed by atoms with Gasteiger partial charge in [0.2, 0.25) is 5.91 Å². The van der Waals surface area contributed by atoms with Crippen LogP contribution < -0.4 is 11.1 Å². The van der Waals surface area contributed by atoms with Gasteiger partial charge in [-0.25, -0.2) is 0 Å². The fourth-order valence-electron chi connectivity index (χ4n) is 2.78. The van der Waals surface area contributed by atoms with E-state index in [2.05, 4.69) is 24.3 Å². The Balaban J connectivity index is 1.87. The summed E-state index contributed by atoms with van der Waals surface area (Å²) in [6.07, 6.45) is 6.91. The molecule has 1 aromatic heterocycles. The number of carbonyl (C=O) groups is 1. The number of nitrogens with one attached hydrogen (secondary N) is 1. The Bertz CT molecular complexity index is 454. The zero-order chi connectivity index (χ0) is 14.6. The molecule has 0 bridgehead atoms. The number of rotatable bonds is 5. The quantitative estimate of drug-likeness (QED) is 0.852. The van der Waals surface area contributed by atoms with Crippen molar-refractivity contribution in [3.8, 4) is 0 Å². The highest BCUT2D eigenvalue weighted by molar-refractivity contribution is 5.76. The lowest BCUT2D eigenvalue weighted by Gasteiger charge is -2.40. The van der Waals surface area contributed by atoms with Gasteiger partial charge in [-0.1, -0.05) is 13.8 Å². The van der Waals surface area contributed by atoms with Gasteiger partial charge in [0.05, 0.1) is 17.5 Å². The molecule has 1 atom stereocenters. The summed E-state index contributed by atoms with van der Waals surface area (Å²) in [6.45, 7) is 5.20. The van der Waals surface area contributed by atoms with Gasteiger partial charge in [-0.3, -0.25) is 9.48 Å². The molecule has 1 amide bonds. The van der Waals surface area contributed by atoms with Gasteiger partial charge in [0.25, 0.3) is 0 Å². The van der Waals surface area contributed by atoms with Crippen LogP contribution in [-0.2, 0) is 16.1 Å². The van der Waals surface area contributed by atoms with Gasteiger partial charge >= 0.3 is 0 Å². The van der Waals surface area contributed by atoms with Crippen molar-refractivity contribution in [2.75, 3.05) is 12.3 Å². The normalized spacial score (nSPS) is 21.6. The third kappa shape index (κ3) is 3.50. The number of carbonyl (C=O) groups excluding carboxylic acids is 1. The molecule has 20 heavy (non-hydrogen) atoms. The number of amides is 1. The topological polar surface area (TPSA) is 82.2 Å². The van der Waals surface area contributed by atoms with E-state index in [1.807, 2.05) is 0 Å². The number of nitrogens with two attached hydrogens (primary N) is 1. The first-order valence-electron chi connectivity index (χ1n) is 7.28. The smallest absolute Gasteiger partial charge is 0.241 e. The van der Waals surface area contributed by atoms with Crippen LogP contribution in [0.2, 0.25) is 0 Å². The largest absolute Gasteiger partial charge is 0.396 e. The predicted molar refractivity (Wildman–Crippen MR) is 77.1 cm³/mol.